The van der Waals surface area contributed by atoms with Gasteiger partial charge in [-0.25, -0.2) is 9.97 Å². The Morgan fingerprint density at radius 1 is 1.19 bits per heavy atom. The summed E-state index contributed by atoms with van der Waals surface area (Å²) in [5, 5.41) is 3.46. The molecule has 0 aliphatic rings. The summed E-state index contributed by atoms with van der Waals surface area (Å²) in [5.74, 6) is 0.859. The van der Waals surface area contributed by atoms with Crippen LogP contribution in [0.15, 0.2) is 12.4 Å². The standard InChI is InChI=1S/C17H32N4/c1-7-9-10-21(14(3)8-2)16-18-11-15(12-19-16)13-20-17(4,5)6/h11-12,14,20H,7-10,13H2,1-6H3. The lowest BCUT2D eigenvalue weighted by Gasteiger charge is -2.28. The van der Waals surface area contributed by atoms with Crippen molar-refractivity contribution in [1.29, 1.82) is 0 Å². The van der Waals surface area contributed by atoms with Crippen LogP contribution in [0.25, 0.3) is 0 Å². The van der Waals surface area contributed by atoms with Crippen molar-refractivity contribution in [2.45, 2.75) is 78.9 Å². The van der Waals surface area contributed by atoms with Crippen molar-refractivity contribution in [3.8, 4) is 0 Å². The van der Waals surface area contributed by atoms with E-state index < -0.39 is 0 Å². The Bertz CT molecular complexity index is 394. The zero-order valence-electron chi connectivity index (χ0n) is 14.6. The van der Waals surface area contributed by atoms with E-state index in [0.717, 1.165) is 31.0 Å². The zero-order chi connectivity index (χ0) is 15.9. The average Bonchev–Trinajstić information content (AvgIpc) is 2.45. The molecule has 1 N–H and O–H groups in total. The number of nitrogens with zero attached hydrogens (tertiary/aromatic N) is 3. The quantitative estimate of drug-likeness (QED) is 0.792. The lowest BCUT2D eigenvalue weighted by Crippen LogP contribution is -2.36. The van der Waals surface area contributed by atoms with Crippen molar-refractivity contribution in [1.82, 2.24) is 15.3 Å². The number of anilines is 1. The lowest BCUT2D eigenvalue weighted by molar-refractivity contribution is 0.423. The second-order valence-corrected chi connectivity index (χ2v) is 6.80. The number of unbranched alkanes of at least 4 members (excludes halogenated alkanes) is 1. The van der Waals surface area contributed by atoms with Crippen LogP contribution in [0.3, 0.4) is 0 Å². The van der Waals surface area contributed by atoms with Crippen LogP contribution in [0.4, 0.5) is 5.95 Å². The highest BCUT2D eigenvalue weighted by Crippen LogP contribution is 2.14. The first-order chi connectivity index (χ1) is 9.87. The van der Waals surface area contributed by atoms with Crippen LogP contribution in [0, 0.1) is 0 Å². The molecule has 1 heterocycles. The molecule has 1 atom stereocenters. The van der Waals surface area contributed by atoms with E-state index in [4.69, 9.17) is 0 Å². The van der Waals surface area contributed by atoms with Gasteiger partial charge in [-0.1, -0.05) is 20.3 Å². The molecule has 0 amide bonds. The molecule has 0 aliphatic heterocycles. The maximum atomic E-state index is 4.58. The Hall–Kier alpha value is -1.16. The van der Waals surface area contributed by atoms with E-state index in [1.54, 1.807) is 0 Å². The molecule has 0 saturated heterocycles. The summed E-state index contributed by atoms with van der Waals surface area (Å²) in [5.41, 5.74) is 1.25. The van der Waals surface area contributed by atoms with Crippen molar-refractivity contribution in [3.05, 3.63) is 18.0 Å². The fraction of sp³-hybridized carbons (Fsp3) is 0.765. The van der Waals surface area contributed by atoms with Crippen molar-refractivity contribution in [3.63, 3.8) is 0 Å². The van der Waals surface area contributed by atoms with Gasteiger partial charge >= 0.3 is 0 Å². The monoisotopic (exact) mass is 292 g/mol. The van der Waals surface area contributed by atoms with Gasteiger partial charge < -0.3 is 10.2 Å². The van der Waals surface area contributed by atoms with E-state index >= 15 is 0 Å². The third-order valence-electron chi connectivity index (χ3n) is 3.65. The Morgan fingerprint density at radius 3 is 2.29 bits per heavy atom. The minimum atomic E-state index is 0.114. The highest BCUT2D eigenvalue weighted by atomic mass is 15.3. The first-order valence-corrected chi connectivity index (χ1v) is 8.20. The minimum absolute atomic E-state index is 0.114. The fourth-order valence-electron chi connectivity index (χ4n) is 2.02. The van der Waals surface area contributed by atoms with E-state index in [1.807, 2.05) is 12.4 Å². The molecular formula is C17H32N4. The first kappa shape index (κ1) is 17.9. The van der Waals surface area contributed by atoms with Crippen LogP contribution in [-0.4, -0.2) is 28.1 Å². The van der Waals surface area contributed by atoms with E-state index in [0.29, 0.717) is 6.04 Å². The largest absolute Gasteiger partial charge is 0.338 e. The number of rotatable bonds is 8. The topological polar surface area (TPSA) is 41.1 Å². The molecule has 21 heavy (non-hydrogen) atoms. The number of aromatic nitrogens is 2. The van der Waals surface area contributed by atoms with Crippen molar-refractivity contribution in [2.24, 2.45) is 0 Å². The first-order valence-electron chi connectivity index (χ1n) is 8.20. The average molecular weight is 292 g/mol. The molecule has 1 aromatic heterocycles. The summed E-state index contributed by atoms with van der Waals surface area (Å²) >= 11 is 0. The maximum absolute atomic E-state index is 4.58. The second kappa shape index (κ2) is 8.32. The van der Waals surface area contributed by atoms with Crippen molar-refractivity contribution >= 4 is 5.95 Å². The molecule has 0 spiro atoms. The smallest absolute Gasteiger partial charge is 0.225 e. The van der Waals surface area contributed by atoms with Crippen LogP contribution < -0.4 is 10.2 Å². The predicted octanol–water partition coefficient (Wildman–Crippen LogP) is 3.77. The van der Waals surface area contributed by atoms with Crippen molar-refractivity contribution in [2.75, 3.05) is 11.4 Å². The van der Waals surface area contributed by atoms with Gasteiger partial charge in [-0.15, -0.1) is 0 Å². The van der Waals surface area contributed by atoms with E-state index in [9.17, 15) is 0 Å². The van der Waals surface area contributed by atoms with Gasteiger partial charge in [0.25, 0.3) is 0 Å². The van der Waals surface area contributed by atoms with Gasteiger partial charge in [0.2, 0.25) is 5.95 Å². The second-order valence-electron chi connectivity index (χ2n) is 6.80. The van der Waals surface area contributed by atoms with Crippen LogP contribution in [0.2, 0.25) is 0 Å². The third kappa shape index (κ3) is 6.42. The van der Waals surface area contributed by atoms with Crippen LogP contribution in [0.5, 0.6) is 0 Å². The third-order valence-corrected chi connectivity index (χ3v) is 3.65. The van der Waals surface area contributed by atoms with Crippen LogP contribution >= 0.6 is 0 Å². The zero-order valence-corrected chi connectivity index (χ0v) is 14.6. The molecule has 0 fully saturated rings. The molecule has 0 saturated carbocycles. The summed E-state index contributed by atoms with van der Waals surface area (Å²) in [6.07, 6.45) is 7.38. The lowest BCUT2D eigenvalue weighted by atomic mass is 10.1. The predicted molar refractivity (Wildman–Crippen MR) is 90.6 cm³/mol. The van der Waals surface area contributed by atoms with E-state index in [1.165, 1.54) is 12.8 Å². The van der Waals surface area contributed by atoms with Crippen LogP contribution in [0.1, 0.15) is 66.4 Å². The summed E-state index contributed by atoms with van der Waals surface area (Å²) in [7, 11) is 0. The van der Waals surface area contributed by atoms with E-state index in [-0.39, 0.29) is 5.54 Å². The fourth-order valence-corrected chi connectivity index (χ4v) is 2.02. The summed E-state index contributed by atoms with van der Waals surface area (Å²) < 4.78 is 0. The summed E-state index contributed by atoms with van der Waals surface area (Å²) in [4.78, 5) is 11.5. The molecule has 1 aromatic rings. The molecule has 0 radical (unpaired) electrons. The van der Waals surface area contributed by atoms with E-state index in [2.05, 4.69) is 61.7 Å². The Labute approximate surface area is 130 Å². The molecule has 4 heteroatoms. The Morgan fingerprint density at radius 2 is 1.81 bits per heavy atom. The number of hydrogen-bond acceptors (Lipinski definition) is 4. The molecule has 120 valence electrons. The van der Waals surface area contributed by atoms with Gasteiger partial charge in [0, 0.05) is 42.6 Å². The highest BCUT2D eigenvalue weighted by Gasteiger charge is 2.15. The Balaban J connectivity index is 2.72. The van der Waals surface area contributed by atoms with Crippen LogP contribution in [-0.2, 0) is 6.54 Å². The molecular weight excluding hydrogens is 260 g/mol. The number of hydrogen-bond donors (Lipinski definition) is 1. The Kier molecular flexibility index (Phi) is 7.09. The van der Waals surface area contributed by atoms with Gasteiger partial charge in [0.1, 0.15) is 0 Å². The molecule has 0 aromatic carbocycles. The van der Waals surface area contributed by atoms with Gasteiger partial charge in [-0.2, -0.15) is 0 Å². The molecule has 0 bridgehead atoms. The van der Waals surface area contributed by atoms with Crippen molar-refractivity contribution < 1.29 is 0 Å². The molecule has 1 unspecified atom stereocenters. The number of nitrogens with one attached hydrogen (secondary N) is 1. The van der Waals surface area contributed by atoms with Gasteiger partial charge in [0.15, 0.2) is 0 Å². The normalized spacial score (nSPS) is 13.2. The SMILES string of the molecule is CCCCN(c1ncc(CNC(C)(C)C)cn1)C(C)CC. The summed E-state index contributed by atoms with van der Waals surface area (Å²) in [6, 6.07) is 0.482. The molecule has 4 nitrogen and oxygen atoms in total. The molecule has 0 aliphatic carbocycles. The van der Waals surface area contributed by atoms with Gasteiger partial charge in [-0.05, 0) is 40.5 Å². The maximum Gasteiger partial charge on any atom is 0.225 e. The van der Waals surface area contributed by atoms with Gasteiger partial charge in [-0.3, -0.25) is 0 Å². The highest BCUT2D eigenvalue weighted by molar-refractivity contribution is 5.31. The van der Waals surface area contributed by atoms with Gasteiger partial charge in [0.05, 0.1) is 0 Å². The minimum Gasteiger partial charge on any atom is -0.338 e. The molecule has 1 rings (SSSR count). The summed E-state index contributed by atoms with van der Waals surface area (Å²) in [6.45, 7) is 15.0.